The number of benzene rings is 2. The Morgan fingerprint density at radius 3 is 0.714 bits per heavy atom. The van der Waals surface area contributed by atoms with Gasteiger partial charge in [0.1, 0.15) is 0 Å². The first-order valence-corrected chi connectivity index (χ1v) is 19.0. The lowest BCUT2D eigenvalue weighted by Gasteiger charge is -2.11. The van der Waals surface area contributed by atoms with Gasteiger partial charge in [-0.25, -0.2) is 33.7 Å². The summed E-state index contributed by atoms with van der Waals surface area (Å²) < 4.78 is 150. The van der Waals surface area contributed by atoms with Crippen LogP contribution in [0.3, 0.4) is 0 Å². The fourth-order valence-electron chi connectivity index (χ4n) is 2.43. The van der Waals surface area contributed by atoms with Gasteiger partial charge >= 0.3 is 20.2 Å². The molecule has 2 aromatic carbocycles. The van der Waals surface area contributed by atoms with Crippen LogP contribution in [0.4, 0.5) is 0 Å². The van der Waals surface area contributed by atoms with E-state index < -0.39 is 89.0 Å². The molecular formula is C16H18O13S6. The van der Waals surface area contributed by atoms with Crippen molar-refractivity contribution in [1.82, 2.24) is 0 Å². The number of hydrogen-bond acceptors (Lipinski definition) is 13. The summed E-state index contributed by atoms with van der Waals surface area (Å²) in [6.07, 6.45) is 2.58. The summed E-state index contributed by atoms with van der Waals surface area (Å²) in [5.41, 5.74) is 0. The van der Waals surface area contributed by atoms with Gasteiger partial charge in [0.15, 0.2) is 39.3 Å². The normalized spacial score (nSPS) is 14.1. The van der Waals surface area contributed by atoms with Gasteiger partial charge in [-0.05, 0) is 36.4 Å². The highest BCUT2D eigenvalue weighted by molar-refractivity contribution is 8.00. The van der Waals surface area contributed by atoms with Gasteiger partial charge in [0.05, 0.1) is 29.4 Å². The van der Waals surface area contributed by atoms with E-state index in [9.17, 15) is 50.5 Å². The minimum absolute atomic E-state index is 0.462. The lowest BCUT2D eigenvalue weighted by molar-refractivity contribution is 0.461. The highest BCUT2D eigenvalue weighted by Gasteiger charge is 2.31. The molecule has 0 atom stereocenters. The highest BCUT2D eigenvalue weighted by Crippen LogP contribution is 2.28. The van der Waals surface area contributed by atoms with Crippen LogP contribution in [-0.2, 0) is 63.2 Å². The Morgan fingerprint density at radius 1 is 0.371 bits per heavy atom. The molecule has 35 heavy (non-hydrogen) atoms. The van der Waals surface area contributed by atoms with Crippen LogP contribution in [0.5, 0.6) is 0 Å². The van der Waals surface area contributed by atoms with E-state index in [0.29, 0.717) is 61.4 Å². The second kappa shape index (κ2) is 8.89. The first-order chi connectivity index (χ1) is 15.3. The van der Waals surface area contributed by atoms with E-state index in [1.165, 1.54) is 0 Å². The van der Waals surface area contributed by atoms with Crippen molar-refractivity contribution < 1.29 is 54.1 Å². The number of rotatable bonds is 8. The molecule has 0 unspecified atom stereocenters. The fourth-order valence-corrected chi connectivity index (χ4v) is 8.27. The van der Waals surface area contributed by atoms with Gasteiger partial charge in [-0.2, -0.15) is 16.8 Å². The van der Waals surface area contributed by atoms with Gasteiger partial charge in [-0.3, -0.25) is 0 Å². The maximum absolute atomic E-state index is 12.7. The second-order valence-corrected chi connectivity index (χ2v) is 18.7. The Bertz CT molecular complexity index is 1620. The topological polar surface area (TPSA) is 214 Å². The van der Waals surface area contributed by atoms with Gasteiger partial charge in [0.2, 0.25) is 0 Å². The molecule has 13 nitrogen and oxygen atoms in total. The molecule has 0 N–H and O–H groups in total. The number of hydrogen-bond donors (Lipinski definition) is 0. The highest BCUT2D eigenvalue weighted by atomic mass is 32.3. The Morgan fingerprint density at radius 2 is 0.543 bits per heavy atom. The van der Waals surface area contributed by atoms with Gasteiger partial charge in [0, 0.05) is 25.0 Å². The SMILES string of the molecule is CS(=O)(=O)c1cc(S(C)(=O)=O)cc(S(=O)(=O)OS(=O)(=O)c2cc(S(C)(=O)=O)cc(S(C)(=O)=O)c2)c1. The van der Waals surface area contributed by atoms with Crippen molar-refractivity contribution in [3.8, 4) is 0 Å². The third kappa shape index (κ3) is 7.08. The minimum atomic E-state index is -5.44. The molecule has 0 aromatic heterocycles. The van der Waals surface area contributed by atoms with Crippen LogP contribution in [0, 0.1) is 0 Å². The third-order valence-electron chi connectivity index (χ3n) is 4.18. The van der Waals surface area contributed by atoms with Crippen LogP contribution in [0.25, 0.3) is 0 Å². The Labute approximate surface area is 203 Å². The molecule has 2 aromatic rings. The van der Waals surface area contributed by atoms with Crippen molar-refractivity contribution in [1.29, 1.82) is 0 Å². The summed E-state index contributed by atoms with van der Waals surface area (Å²) >= 11 is 0. The standard InChI is InChI=1S/C16H18O13S6/c1-30(17,18)11-5-12(31(2,19)20)8-15(7-11)34(25,26)29-35(27,28)16-9-13(32(3,21)22)6-14(10-16)33(4,23)24/h5-10H,1-4H3. The quantitative estimate of drug-likeness (QED) is 0.365. The molecule has 0 saturated heterocycles. The third-order valence-corrected chi connectivity index (χ3v) is 11.6. The maximum atomic E-state index is 12.7. The summed E-state index contributed by atoms with van der Waals surface area (Å²) in [5, 5.41) is 0. The summed E-state index contributed by atoms with van der Waals surface area (Å²) in [4.78, 5) is -5.44. The van der Waals surface area contributed by atoms with Crippen LogP contribution >= 0.6 is 0 Å². The molecule has 0 aliphatic carbocycles. The average Bonchev–Trinajstić information content (AvgIpc) is 2.63. The zero-order chi connectivity index (χ0) is 27.4. The van der Waals surface area contributed by atoms with E-state index >= 15 is 0 Å². The van der Waals surface area contributed by atoms with Gasteiger partial charge in [-0.15, -0.1) is 3.63 Å². The first kappa shape index (κ1) is 29.3. The predicted molar refractivity (Wildman–Crippen MR) is 121 cm³/mol. The van der Waals surface area contributed by atoms with E-state index in [-0.39, 0.29) is 0 Å². The summed E-state index contributed by atoms with van der Waals surface area (Å²) in [7, 11) is -27.6. The van der Waals surface area contributed by atoms with Crippen molar-refractivity contribution >= 4 is 59.6 Å². The van der Waals surface area contributed by atoms with Crippen LogP contribution in [-0.4, -0.2) is 75.5 Å². The van der Waals surface area contributed by atoms with Crippen LogP contribution in [0.15, 0.2) is 65.8 Å². The van der Waals surface area contributed by atoms with Gasteiger partial charge < -0.3 is 0 Å². The maximum Gasteiger partial charge on any atom is 0.311 e. The van der Waals surface area contributed by atoms with Gasteiger partial charge in [-0.1, -0.05) is 0 Å². The van der Waals surface area contributed by atoms with E-state index in [1.54, 1.807) is 0 Å². The molecule has 0 bridgehead atoms. The molecular weight excluding hydrogens is 593 g/mol. The minimum Gasteiger partial charge on any atom is -0.224 e. The molecule has 0 heterocycles. The van der Waals surface area contributed by atoms with Crippen LogP contribution in [0.1, 0.15) is 0 Å². The van der Waals surface area contributed by atoms with Gasteiger partial charge in [0.25, 0.3) is 0 Å². The summed E-state index contributed by atoms with van der Waals surface area (Å²) in [6, 6.07) is 3.17. The molecule has 0 spiro atoms. The zero-order valence-electron chi connectivity index (χ0n) is 18.2. The predicted octanol–water partition coefficient (Wildman–Crippen LogP) is -0.605. The summed E-state index contributed by atoms with van der Waals surface area (Å²) in [6.45, 7) is 0. The van der Waals surface area contributed by atoms with E-state index in [2.05, 4.69) is 3.63 Å². The Hall–Kier alpha value is -1.90. The largest absolute Gasteiger partial charge is 0.311 e. The van der Waals surface area contributed by atoms with Crippen molar-refractivity contribution in [3.63, 3.8) is 0 Å². The molecule has 0 fully saturated rings. The molecule has 0 aliphatic heterocycles. The zero-order valence-corrected chi connectivity index (χ0v) is 23.1. The van der Waals surface area contributed by atoms with Crippen molar-refractivity contribution in [2.45, 2.75) is 29.4 Å². The van der Waals surface area contributed by atoms with Crippen LogP contribution in [0.2, 0.25) is 0 Å². The first-order valence-electron chi connectivity index (χ1n) is 8.66. The molecule has 0 saturated carbocycles. The second-order valence-electron chi connectivity index (χ2n) is 7.35. The van der Waals surface area contributed by atoms with Crippen molar-refractivity contribution in [2.24, 2.45) is 0 Å². The number of sulfone groups is 4. The molecule has 0 amide bonds. The molecule has 0 radical (unpaired) electrons. The van der Waals surface area contributed by atoms with Crippen molar-refractivity contribution in [3.05, 3.63) is 36.4 Å². The van der Waals surface area contributed by atoms with Crippen LogP contribution < -0.4 is 0 Å². The van der Waals surface area contributed by atoms with Crippen molar-refractivity contribution in [2.75, 3.05) is 25.0 Å². The van der Waals surface area contributed by atoms with E-state index in [4.69, 9.17) is 0 Å². The molecule has 196 valence electrons. The summed E-state index contributed by atoms with van der Waals surface area (Å²) in [5.74, 6) is 0. The fraction of sp³-hybridized carbons (Fsp3) is 0.250. The molecule has 19 heteroatoms. The Balaban J connectivity index is 2.79. The smallest absolute Gasteiger partial charge is 0.224 e. The molecule has 0 aliphatic rings. The monoisotopic (exact) mass is 610 g/mol. The van der Waals surface area contributed by atoms with E-state index in [1.807, 2.05) is 0 Å². The lowest BCUT2D eigenvalue weighted by atomic mass is 10.4. The molecule has 2 rings (SSSR count). The Kier molecular flexibility index (Phi) is 7.45. The average molecular weight is 611 g/mol. The van der Waals surface area contributed by atoms with E-state index in [0.717, 1.165) is 0 Å². The lowest BCUT2D eigenvalue weighted by Crippen LogP contribution is -2.16.